The largest absolute Gasteiger partial charge is 0.506 e. The Hall–Kier alpha value is -2.87. The van der Waals surface area contributed by atoms with Crippen molar-refractivity contribution in [2.45, 2.75) is 12.3 Å². The van der Waals surface area contributed by atoms with Gasteiger partial charge in [-0.1, -0.05) is 17.7 Å². The van der Waals surface area contributed by atoms with Crippen molar-refractivity contribution in [1.82, 2.24) is 9.97 Å². The molecule has 0 saturated carbocycles. The number of methoxy groups -OCH3 is 2. The van der Waals surface area contributed by atoms with Crippen molar-refractivity contribution in [3.63, 3.8) is 0 Å². The molecular weight excluding hydrogens is 352 g/mol. The van der Waals surface area contributed by atoms with Crippen molar-refractivity contribution in [3.8, 4) is 5.75 Å². The number of H-pyrrole nitrogens is 1. The van der Waals surface area contributed by atoms with E-state index < -0.39 is 29.2 Å². The van der Waals surface area contributed by atoms with Gasteiger partial charge in [-0.25, -0.2) is 9.78 Å². The van der Waals surface area contributed by atoms with Crippen LogP contribution in [0.1, 0.15) is 33.8 Å². The van der Waals surface area contributed by atoms with Crippen molar-refractivity contribution in [2.75, 3.05) is 14.2 Å². The van der Waals surface area contributed by atoms with Crippen LogP contribution in [0.15, 0.2) is 29.3 Å². The lowest BCUT2D eigenvalue weighted by Gasteiger charge is -2.18. The highest BCUT2D eigenvalue weighted by molar-refractivity contribution is 6.30. The maximum Gasteiger partial charge on any atom is 0.343 e. The molecule has 0 aliphatic heterocycles. The molecule has 0 radical (unpaired) electrons. The van der Waals surface area contributed by atoms with E-state index in [1.165, 1.54) is 13.3 Å². The minimum atomic E-state index is -0.970. The van der Waals surface area contributed by atoms with Gasteiger partial charge in [-0.3, -0.25) is 9.59 Å². The van der Waals surface area contributed by atoms with Gasteiger partial charge in [0.05, 0.1) is 26.2 Å². The van der Waals surface area contributed by atoms with E-state index in [1.54, 1.807) is 12.1 Å². The number of hydrogen-bond acceptors (Lipinski definition) is 7. The number of aromatic hydroxyl groups is 1. The zero-order valence-electron chi connectivity index (χ0n) is 13.4. The monoisotopic (exact) mass is 366 g/mol. The molecular formula is C16H15ClN2O6. The van der Waals surface area contributed by atoms with E-state index in [4.69, 9.17) is 11.6 Å². The number of nitrogens with zero attached hydrogens (tertiary/aromatic N) is 1. The Morgan fingerprint density at radius 1 is 1.36 bits per heavy atom. The van der Waals surface area contributed by atoms with Gasteiger partial charge in [0.2, 0.25) is 0 Å². The maximum absolute atomic E-state index is 12.3. The van der Waals surface area contributed by atoms with Crippen LogP contribution in [-0.2, 0) is 14.3 Å². The number of esters is 2. The Morgan fingerprint density at radius 2 is 2.08 bits per heavy atom. The van der Waals surface area contributed by atoms with E-state index in [2.05, 4.69) is 19.4 Å². The van der Waals surface area contributed by atoms with Crippen molar-refractivity contribution in [2.24, 2.45) is 0 Å². The van der Waals surface area contributed by atoms with Crippen LogP contribution in [0.25, 0.3) is 0 Å². The van der Waals surface area contributed by atoms with Crippen LogP contribution in [0.5, 0.6) is 5.75 Å². The molecule has 1 atom stereocenters. The van der Waals surface area contributed by atoms with Gasteiger partial charge >= 0.3 is 11.9 Å². The van der Waals surface area contributed by atoms with Gasteiger partial charge in [0, 0.05) is 18.3 Å². The molecule has 2 N–H and O–H groups in total. The molecule has 0 fully saturated rings. The van der Waals surface area contributed by atoms with Crippen LogP contribution in [0.2, 0.25) is 5.15 Å². The van der Waals surface area contributed by atoms with Gasteiger partial charge in [0.1, 0.15) is 16.5 Å². The molecule has 0 saturated heterocycles. The minimum Gasteiger partial charge on any atom is -0.506 e. The number of aromatic nitrogens is 2. The lowest BCUT2D eigenvalue weighted by atomic mass is 9.88. The summed E-state index contributed by atoms with van der Waals surface area (Å²) in [6.07, 6.45) is 2.19. The number of rotatable bonds is 5. The number of nitrogens with one attached hydrogen (secondary N) is 1. The predicted molar refractivity (Wildman–Crippen MR) is 87.8 cm³/mol. The van der Waals surface area contributed by atoms with Gasteiger partial charge in [0.25, 0.3) is 5.56 Å². The number of hydrogen-bond donors (Lipinski definition) is 2. The molecule has 0 aliphatic carbocycles. The molecule has 2 aromatic rings. The number of halogens is 1. The average Bonchev–Trinajstić information content (AvgIpc) is 2.60. The van der Waals surface area contributed by atoms with Crippen molar-refractivity contribution in [1.29, 1.82) is 0 Å². The number of carbonyl (C=O) groups excluding carboxylic acids is 2. The summed E-state index contributed by atoms with van der Waals surface area (Å²) in [7, 11) is 2.33. The quantitative estimate of drug-likeness (QED) is 0.609. The van der Waals surface area contributed by atoms with Gasteiger partial charge in [0.15, 0.2) is 0 Å². The molecule has 0 bridgehead atoms. The number of carbonyl (C=O) groups is 2. The maximum atomic E-state index is 12.3. The first-order chi connectivity index (χ1) is 11.9. The highest BCUT2D eigenvalue weighted by Gasteiger charge is 2.29. The Labute approximate surface area is 147 Å². The van der Waals surface area contributed by atoms with E-state index in [-0.39, 0.29) is 22.7 Å². The molecule has 0 amide bonds. The predicted octanol–water partition coefficient (Wildman–Crippen LogP) is 1.61. The summed E-state index contributed by atoms with van der Waals surface area (Å²) >= 11 is 6.08. The fraction of sp³-hybridized carbons (Fsp3) is 0.250. The zero-order chi connectivity index (χ0) is 18.6. The number of pyridine rings is 2. The van der Waals surface area contributed by atoms with Crippen LogP contribution < -0.4 is 5.56 Å². The normalized spacial score (nSPS) is 11.6. The first-order valence-corrected chi connectivity index (χ1v) is 7.48. The molecule has 0 aromatic carbocycles. The van der Waals surface area contributed by atoms with Crippen molar-refractivity contribution >= 4 is 23.5 Å². The molecule has 0 unspecified atom stereocenters. The molecule has 8 nitrogen and oxygen atoms in total. The summed E-state index contributed by atoms with van der Waals surface area (Å²) in [4.78, 5) is 42.2. The Bertz CT molecular complexity index is 864. The van der Waals surface area contributed by atoms with E-state index in [0.29, 0.717) is 5.56 Å². The molecule has 25 heavy (non-hydrogen) atoms. The van der Waals surface area contributed by atoms with Crippen LogP contribution >= 0.6 is 11.6 Å². The topological polar surface area (TPSA) is 119 Å². The third-order valence-corrected chi connectivity index (χ3v) is 3.93. The third-order valence-electron chi connectivity index (χ3n) is 3.62. The van der Waals surface area contributed by atoms with Crippen LogP contribution in [-0.4, -0.2) is 41.2 Å². The fourth-order valence-electron chi connectivity index (χ4n) is 2.40. The molecule has 0 aliphatic rings. The van der Waals surface area contributed by atoms with E-state index in [1.807, 2.05) is 0 Å². The van der Waals surface area contributed by atoms with Gasteiger partial charge in [-0.15, -0.1) is 0 Å². The molecule has 2 heterocycles. The first-order valence-electron chi connectivity index (χ1n) is 7.10. The highest BCUT2D eigenvalue weighted by atomic mass is 35.5. The second-order valence-electron chi connectivity index (χ2n) is 5.00. The zero-order valence-corrected chi connectivity index (χ0v) is 14.2. The first kappa shape index (κ1) is 18.5. The van der Waals surface area contributed by atoms with Crippen LogP contribution in [0.3, 0.4) is 0 Å². The average molecular weight is 367 g/mol. The lowest BCUT2D eigenvalue weighted by Crippen LogP contribution is -2.22. The molecule has 2 aromatic heterocycles. The van der Waals surface area contributed by atoms with Crippen LogP contribution in [0, 0.1) is 0 Å². The van der Waals surface area contributed by atoms with Crippen molar-refractivity contribution < 1.29 is 24.2 Å². The molecule has 9 heteroatoms. The summed E-state index contributed by atoms with van der Waals surface area (Å²) in [5.41, 5.74) is -0.800. The fourth-order valence-corrected chi connectivity index (χ4v) is 2.65. The Morgan fingerprint density at radius 3 is 2.68 bits per heavy atom. The standard InChI is InChI=1S/C16H15ClN2O6/c1-24-11(20)6-9(8-4-3-5-18-14(8)17)12-13(21)10(16(23)25-2)7-19-15(12)22/h3-5,7,9H,6H2,1-2H3,(H2,19,21,22)/t9-/m1/s1. The van der Waals surface area contributed by atoms with Crippen molar-refractivity contribution in [3.05, 3.63) is 56.7 Å². The summed E-state index contributed by atoms with van der Waals surface area (Å²) in [6.45, 7) is 0. The number of aromatic amines is 1. The Balaban J connectivity index is 2.70. The Kier molecular flexibility index (Phi) is 5.76. The van der Waals surface area contributed by atoms with E-state index in [0.717, 1.165) is 13.3 Å². The summed E-state index contributed by atoms with van der Waals surface area (Å²) in [5, 5.41) is 10.5. The second-order valence-corrected chi connectivity index (χ2v) is 5.36. The lowest BCUT2D eigenvalue weighted by molar-refractivity contribution is -0.140. The SMILES string of the molecule is COC(=O)C[C@H](c1cccnc1Cl)c1c(O)c(C(=O)OC)c[nH]c1=O. The molecule has 132 valence electrons. The number of ether oxygens (including phenoxy) is 2. The second kappa shape index (κ2) is 7.80. The van der Waals surface area contributed by atoms with Gasteiger partial charge in [-0.2, -0.15) is 0 Å². The highest BCUT2D eigenvalue weighted by Crippen LogP contribution is 2.36. The molecule has 2 rings (SSSR count). The summed E-state index contributed by atoms with van der Waals surface area (Å²) < 4.78 is 9.23. The van der Waals surface area contributed by atoms with Gasteiger partial charge < -0.3 is 19.6 Å². The van der Waals surface area contributed by atoms with E-state index >= 15 is 0 Å². The smallest absolute Gasteiger partial charge is 0.343 e. The summed E-state index contributed by atoms with van der Waals surface area (Å²) in [6, 6.07) is 3.13. The van der Waals surface area contributed by atoms with Gasteiger partial charge in [-0.05, 0) is 11.6 Å². The minimum absolute atomic E-state index is 0.0543. The molecule has 0 spiro atoms. The third kappa shape index (κ3) is 3.80. The van der Waals surface area contributed by atoms with Crippen LogP contribution in [0.4, 0.5) is 0 Å². The van der Waals surface area contributed by atoms with E-state index in [9.17, 15) is 19.5 Å². The summed E-state index contributed by atoms with van der Waals surface area (Å²) in [5.74, 6) is -3.04.